The average molecular weight is 346 g/mol. The third-order valence-electron chi connectivity index (χ3n) is 3.22. The van der Waals surface area contributed by atoms with Crippen LogP contribution in [0, 0.1) is 41.5 Å². The van der Waals surface area contributed by atoms with Crippen LogP contribution in [0.25, 0.3) is 0 Å². The minimum Gasteiger partial charge on any atom is -0.463 e. The monoisotopic (exact) mass is 346 g/mol. The fourth-order valence-corrected chi connectivity index (χ4v) is 2.04. The molecule has 1 aromatic carbocycles. The summed E-state index contributed by atoms with van der Waals surface area (Å²) >= 11 is 0. The minimum atomic E-state index is -2.53. The summed E-state index contributed by atoms with van der Waals surface area (Å²) in [5, 5.41) is 11.2. The normalized spacial score (nSPS) is 12.9. The Morgan fingerprint density at radius 1 is 1.17 bits per heavy atom. The Hall–Kier alpha value is -2.63. The van der Waals surface area contributed by atoms with Crippen molar-refractivity contribution >= 4 is 11.9 Å². The quantitative estimate of drug-likeness (QED) is 0.503. The number of halogens is 4. The van der Waals surface area contributed by atoms with Gasteiger partial charge in [-0.05, 0) is 13.8 Å². The predicted octanol–water partition coefficient (Wildman–Crippen LogP) is 2.06. The first-order chi connectivity index (χ1) is 11.1. The van der Waals surface area contributed by atoms with Crippen LogP contribution in [0.5, 0.6) is 0 Å². The lowest BCUT2D eigenvalue weighted by atomic mass is 9.90. The zero-order chi connectivity index (χ0) is 18.7. The van der Waals surface area contributed by atoms with Crippen LogP contribution in [0.3, 0.4) is 0 Å². The standard InChI is InChI=1S/C15H14F4N2O3/c1-4-24-14(23)15(6-20,21-8(3)22)5-9-12(18)10(16)7(2)11(17)13(9)19/h4-5H2,1-3H3,(H,21,22). The Balaban J connectivity index is 3.53. The number of nitrogens with one attached hydrogen (secondary N) is 1. The Morgan fingerprint density at radius 3 is 2.04 bits per heavy atom. The summed E-state index contributed by atoms with van der Waals surface area (Å²) in [5.74, 6) is -8.98. The van der Waals surface area contributed by atoms with Gasteiger partial charge in [-0.15, -0.1) is 0 Å². The van der Waals surface area contributed by atoms with Gasteiger partial charge in [0.25, 0.3) is 0 Å². The molecule has 0 saturated carbocycles. The van der Waals surface area contributed by atoms with Crippen LogP contribution in [-0.2, 0) is 20.7 Å². The zero-order valence-electron chi connectivity index (χ0n) is 13.1. The van der Waals surface area contributed by atoms with Crippen molar-refractivity contribution in [3.63, 3.8) is 0 Å². The minimum absolute atomic E-state index is 0.191. The number of hydrogen-bond acceptors (Lipinski definition) is 4. The lowest BCUT2D eigenvalue weighted by Crippen LogP contribution is -2.55. The Labute approximate surface area is 135 Å². The molecular weight excluding hydrogens is 332 g/mol. The van der Waals surface area contributed by atoms with Gasteiger partial charge in [0, 0.05) is 24.5 Å². The van der Waals surface area contributed by atoms with Gasteiger partial charge >= 0.3 is 5.97 Å². The third-order valence-corrected chi connectivity index (χ3v) is 3.22. The lowest BCUT2D eigenvalue weighted by Gasteiger charge is -2.25. The van der Waals surface area contributed by atoms with Gasteiger partial charge in [0.15, 0.2) is 23.3 Å². The Bertz CT molecular complexity index is 701. The van der Waals surface area contributed by atoms with E-state index < -0.39 is 58.2 Å². The van der Waals surface area contributed by atoms with Crippen LogP contribution in [0.1, 0.15) is 25.0 Å². The van der Waals surface area contributed by atoms with Gasteiger partial charge < -0.3 is 10.1 Å². The van der Waals surface area contributed by atoms with Crippen molar-refractivity contribution in [2.45, 2.75) is 32.7 Å². The highest BCUT2D eigenvalue weighted by Crippen LogP contribution is 2.27. The van der Waals surface area contributed by atoms with Crippen molar-refractivity contribution in [3.05, 3.63) is 34.4 Å². The van der Waals surface area contributed by atoms with Gasteiger partial charge in [-0.1, -0.05) is 0 Å². The molecule has 0 aliphatic carbocycles. The maximum atomic E-state index is 14.0. The third kappa shape index (κ3) is 3.48. The summed E-state index contributed by atoms with van der Waals surface area (Å²) < 4.78 is 59.9. The number of ether oxygens (including phenoxy) is 1. The van der Waals surface area contributed by atoms with Crippen molar-refractivity contribution < 1.29 is 31.9 Å². The smallest absolute Gasteiger partial charge is 0.347 e. The fourth-order valence-electron chi connectivity index (χ4n) is 2.04. The predicted molar refractivity (Wildman–Crippen MR) is 73.5 cm³/mol. The number of amides is 1. The molecule has 1 atom stereocenters. The lowest BCUT2D eigenvalue weighted by molar-refractivity contribution is -0.150. The topological polar surface area (TPSA) is 79.2 Å². The number of hydrogen-bond donors (Lipinski definition) is 1. The molecule has 5 nitrogen and oxygen atoms in total. The summed E-state index contributed by atoms with van der Waals surface area (Å²) in [6.07, 6.45) is -1.15. The maximum absolute atomic E-state index is 14.0. The van der Waals surface area contributed by atoms with Crippen LogP contribution in [-0.4, -0.2) is 24.0 Å². The zero-order valence-corrected chi connectivity index (χ0v) is 13.1. The van der Waals surface area contributed by atoms with Crippen LogP contribution in [0.2, 0.25) is 0 Å². The van der Waals surface area contributed by atoms with E-state index in [2.05, 4.69) is 4.74 Å². The molecule has 1 N–H and O–H groups in total. The number of nitrogens with zero attached hydrogens (tertiary/aromatic N) is 1. The largest absolute Gasteiger partial charge is 0.463 e. The van der Waals surface area contributed by atoms with E-state index in [1.54, 1.807) is 0 Å². The molecule has 1 unspecified atom stereocenters. The van der Waals surface area contributed by atoms with Crippen molar-refractivity contribution in [1.29, 1.82) is 5.26 Å². The number of nitriles is 1. The van der Waals surface area contributed by atoms with Crippen molar-refractivity contribution in [2.75, 3.05) is 6.61 Å². The number of carbonyl (C=O) groups excluding carboxylic acids is 2. The van der Waals surface area contributed by atoms with Gasteiger partial charge in [0.2, 0.25) is 11.4 Å². The van der Waals surface area contributed by atoms with E-state index in [1.165, 1.54) is 13.0 Å². The van der Waals surface area contributed by atoms with Crippen LogP contribution < -0.4 is 5.32 Å². The van der Waals surface area contributed by atoms with Gasteiger partial charge in [0.1, 0.15) is 6.07 Å². The van der Waals surface area contributed by atoms with E-state index in [1.807, 2.05) is 5.32 Å². The van der Waals surface area contributed by atoms with Gasteiger partial charge in [-0.2, -0.15) is 5.26 Å². The highest BCUT2D eigenvalue weighted by Gasteiger charge is 2.44. The Morgan fingerprint density at radius 2 is 1.67 bits per heavy atom. The number of benzene rings is 1. The molecule has 0 radical (unpaired) electrons. The molecule has 1 amide bonds. The van der Waals surface area contributed by atoms with E-state index in [0.29, 0.717) is 0 Å². The summed E-state index contributed by atoms with van der Waals surface area (Å²) in [4.78, 5) is 23.3. The van der Waals surface area contributed by atoms with Crippen molar-refractivity contribution in [2.24, 2.45) is 0 Å². The molecule has 9 heteroatoms. The van der Waals surface area contributed by atoms with E-state index in [0.717, 1.165) is 13.8 Å². The molecule has 0 bridgehead atoms. The first-order valence-electron chi connectivity index (χ1n) is 6.79. The Kier molecular flexibility index (Phi) is 5.90. The SMILES string of the molecule is CCOC(=O)C(C#N)(Cc1c(F)c(F)c(C)c(F)c1F)NC(C)=O. The molecule has 0 heterocycles. The van der Waals surface area contributed by atoms with E-state index in [4.69, 9.17) is 0 Å². The molecule has 24 heavy (non-hydrogen) atoms. The molecule has 0 spiro atoms. The summed E-state index contributed by atoms with van der Waals surface area (Å²) in [6.45, 7) is 3.00. The van der Waals surface area contributed by atoms with Crippen molar-refractivity contribution in [1.82, 2.24) is 5.32 Å². The number of esters is 1. The molecule has 0 saturated heterocycles. The maximum Gasteiger partial charge on any atom is 0.347 e. The van der Waals surface area contributed by atoms with E-state index in [-0.39, 0.29) is 6.61 Å². The summed E-state index contributed by atoms with van der Waals surface area (Å²) in [6, 6.07) is 1.40. The highest BCUT2D eigenvalue weighted by atomic mass is 19.2. The second kappa shape index (κ2) is 7.29. The second-order valence-corrected chi connectivity index (χ2v) is 4.96. The second-order valence-electron chi connectivity index (χ2n) is 4.96. The van der Waals surface area contributed by atoms with Crippen LogP contribution in [0.4, 0.5) is 17.6 Å². The highest BCUT2D eigenvalue weighted by molar-refractivity contribution is 5.90. The van der Waals surface area contributed by atoms with Crippen molar-refractivity contribution in [3.8, 4) is 6.07 Å². The molecule has 130 valence electrons. The summed E-state index contributed by atoms with van der Waals surface area (Å²) in [5.41, 5.74) is -4.59. The summed E-state index contributed by atoms with van der Waals surface area (Å²) in [7, 11) is 0. The first kappa shape index (κ1) is 19.4. The van der Waals surface area contributed by atoms with Crippen LogP contribution >= 0.6 is 0 Å². The van der Waals surface area contributed by atoms with Gasteiger partial charge in [-0.3, -0.25) is 4.79 Å². The average Bonchev–Trinajstić information content (AvgIpc) is 2.53. The van der Waals surface area contributed by atoms with Gasteiger partial charge in [-0.25, -0.2) is 22.4 Å². The van der Waals surface area contributed by atoms with Crippen LogP contribution in [0.15, 0.2) is 0 Å². The van der Waals surface area contributed by atoms with E-state index in [9.17, 15) is 32.4 Å². The number of rotatable bonds is 5. The fraction of sp³-hybridized carbons (Fsp3) is 0.400. The number of carbonyl (C=O) groups is 2. The molecule has 1 aromatic rings. The van der Waals surface area contributed by atoms with E-state index >= 15 is 0 Å². The first-order valence-corrected chi connectivity index (χ1v) is 6.79. The molecular formula is C15H14F4N2O3. The molecule has 0 aliphatic rings. The molecule has 0 aromatic heterocycles. The molecule has 0 fully saturated rings. The molecule has 0 aliphatic heterocycles. The van der Waals surface area contributed by atoms with Gasteiger partial charge in [0.05, 0.1) is 6.61 Å². The molecule has 1 rings (SSSR count).